The number of nitrogens with one attached hydrogen (secondary N) is 2. The number of nitrogens with zero attached hydrogens (tertiary/aromatic N) is 4. The third-order valence-corrected chi connectivity index (χ3v) is 5.61. The van der Waals surface area contributed by atoms with Gasteiger partial charge < -0.3 is 10.1 Å². The van der Waals surface area contributed by atoms with Crippen molar-refractivity contribution in [3.05, 3.63) is 108 Å². The zero-order valence-electron chi connectivity index (χ0n) is 17.5. The van der Waals surface area contributed by atoms with Gasteiger partial charge in [0.1, 0.15) is 11.8 Å². The van der Waals surface area contributed by atoms with Crippen LogP contribution in [0.25, 0.3) is 11.0 Å². The Bertz CT molecular complexity index is 1540. The number of benzene rings is 2. The number of nitro groups is 1. The molecule has 0 aliphatic carbocycles. The van der Waals surface area contributed by atoms with Crippen molar-refractivity contribution < 1.29 is 14.8 Å². The summed E-state index contributed by atoms with van der Waals surface area (Å²) in [6.45, 7) is 0. The van der Waals surface area contributed by atoms with Crippen molar-refractivity contribution in [1.82, 2.24) is 20.4 Å². The van der Waals surface area contributed by atoms with Gasteiger partial charge in [-0.05, 0) is 35.9 Å². The van der Waals surface area contributed by atoms with E-state index in [-0.39, 0.29) is 49.3 Å². The van der Waals surface area contributed by atoms with Gasteiger partial charge in [0.25, 0.3) is 17.2 Å². The number of fused-ring (bicyclic) bond motifs is 1. The molecule has 4 aromatic rings. The van der Waals surface area contributed by atoms with E-state index in [0.717, 1.165) is 6.07 Å². The molecular weight excluding hydrogens is 499 g/mol. The number of aromatic amines is 1. The maximum absolute atomic E-state index is 12.9. The van der Waals surface area contributed by atoms with Gasteiger partial charge in [-0.1, -0.05) is 29.3 Å². The van der Waals surface area contributed by atoms with Gasteiger partial charge in [-0.2, -0.15) is 5.10 Å². The van der Waals surface area contributed by atoms with Crippen LogP contribution in [0.2, 0.25) is 10.0 Å². The second-order valence-electron chi connectivity index (χ2n) is 7.12. The lowest BCUT2D eigenvalue weighted by Gasteiger charge is -2.15. The van der Waals surface area contributed by atoms with E-state index in [4.69, 9.17) is 23.2 Å². The third kappa shape index (κ3) is 5.17. The number of H-pyrrole nitrogens is 1. The Hall–Kier alpha value is -4.19. The molecule has 35 heavy (non-hydrogen) atoms. The zero-order chi connectivity index (χ0) is 25.1. The molecule has 0 fully saturated rings. The topological polar surface area (TPSA) is 163 Å². The summed E-state index contributed by atoms with van der Waals surface area (Å²) in [5, 5.41) is 26.5. The van der Waals surface area contributed by atoms with Crippen LogP contribution in [0.3, 0.4) is 0 Å². The molecule has 11 nitrogen and oxygen atoms in total. The van der Waals surface area contributed by atoms with Crippen LogP contribution in [0.15, 0.2) is 70.8 Å². The highest BCUT2D eigenvalue weighted by atomic mass is 35.5. The van der Waals surface area contributed by atoms with E-state index < -0.39 is 22.5 Å². The van der Waals surface area contributed by atoms with Gasteiger partial charge >= 0.3 is 0 Å². The molecule has 4 rings (SSSR count). The van der Waals surface area contributed by atoms with Crippen LogP contribution >= 0.6 is 23.2 Å². The quantitative estimate of drug-likeness (QED) is 0.202. The molecule has 1 atom stereocenters. The van der Waals surface area contributed by atoms with Gasteiger partial charge in [0.15, 0.2) is 5.69 Å². The number of carbonyl (C=O) groups excluding carboxylic acids is 1. The number of halogens is 2. The summed E-state index contributed by atoms with van der Waals surface area (Å²) in [7, 11) is 0. The Labute approximate surface area is 206 Å². The van der Waals surface area contributed by atoms with Crippen LogP contribution in [0, 0.1) is 10.1 Å². The summed E-state index contributed by atoms with van der Waals surface area (Å²) < 4.78 is 0. The molecule has 2 aromatic heterocycles. The highest BCUT2D eigenvalue weighted by Crippen LogP contribution is 2.27. The SMILES string of the molecule is O=C(N/N=C(\c1nc2ccc([N+](=O)[O-])cc2[nH]c1=O)[C@H](O)c1ccc(Cl)c(Cl)c1)c1ccncc1. The number of aliphatic hydroxyl groups excluding tert-OH is 1. The molecule has 0 bridgehead atoms. The van der Waals surface area contributed by atoms with Crippen molar-refractivity contribution in [2.45, 2.75) is 6.10 Å². The Morgan fingerprint density at radius 1 is 1.11 bits per heavy atom. The van der Waals surface area contributed by atoms with E-state index in [1.54, 1.807) is 0 Å². The fourth-order valence-corrected chi connectivity index (χ4v) is 3.43. The molecule has 2 heterocycles. The summed E-state index contributed by atoms with van der Waals surface area (Å²) >= 11 is 12.0. The first-order valence-electron chi connectivity index (χ1n) is 9.84. The molecule has 1 amide bonds. The molecule has 0 saturated carbocycles. The summed E-state index contributed by atoms with van der Waals surface area (Å²) in [6.07, 6.45) is 1.28. The van der Waals surface area contributed by atoms with E-state index >= 15 is 0 Å². The summed E-state index contributed by atoms with van der Waals surface area (Å²) in [6, 6.07) is 10.9. The summed E-state index contributed by atoms with van der Waals surface area (Å²) in [5.74, 6) is -0.626. The second-order valence-corrected chi connectivity index (χ2v) is 7.94. The number of non-ortho nitro benzene ring substituents is 1. The first-order chi connectivity index (χ1) is 16.7. The van der Waals surface area contributed by atoms with Crippen molar-refractivity contribution in [3.63, 3.8) is 0 Å². The maximum atomic E-state index is 12.9. The zero-order valence-corrected chi connectivity index (χ0v) is 19.0. The Balaban J connectivity index is 1.82. The maximum Gasteiger partial charge on any atom is 0.276 e. The standard InChI is InChI=1S/C22H14Cl2N6O5/c23-14-3-1-12(9-15(14)24)20(31)18(28-29-21(32)11-5-7-25-8-6-11)19-22(33)27-17-10-13(30(34)35)2-4-16(17)26-19/h1-10,20,31H,(H,27,33)(H,29,32)/b28-18+/t20-/m1/s1. The Kier molecular flexibility index (Phi) is 6.82. The number of rotatable bonds is 6. The number of nitro benzene ring substituents is 1. The molecule has 176 valence electrons. The number of aliphatic hydroxyl groups is 1. The lowest BCUT2D eigenvalue weighted by atomic mass is 10.0. The van der Waals surface area contributed by atoms with E-state index in [2.05, 4.69) is 25.5 Å². The Morgan fingerprint density at radius 3 is 2.54 bits per heavy atom. The minimum Gasteiger partial charge on any atom is -0.382 e. The molecular formula is C22H14Cl2N6O5. The van der Waals surface area contributed by atoms with Crippen molar-refractivity contribution >= 4 is 51.5 Å². The fourth-order valence-electron chi connectivity index (χ4n) is 3.12. The van der Waals surface area contributed by atoms with Crippen LogP contribution < -0.4 is 11.0 Å². The van der Waals surface area contributed by atoms with Crippen molar-refractivity contribution in [2.24, 2.45) is 5.10 Å². The summed E-state index contributed by atoms with van der Waals surface area (Å²) in [5.41, 5.74) is 1.40. The first kappa shape index (κ1) is 24.0. The van der Waals surface area contributed by atoms with Crippen molar-refractivity contribution in [2.75, 3.05) is 0 Å². The number of amides is 1. The molecule has 3 N–H and O–H groups in total. The number of hydrogen-bond donors (Lipinski definition) is 3. The number of pyridine rings is 1. The average molecular weight is 513 g/mol. The van der Waals surface area contributed by atoms with Crippen LogP contribution in [0.4, 0.5) is 5.69 Å². The highest BCUT2D eigenvalue weighted by Gasteiger charge is 2.24. The van der Waals surface area contributed by atoms with Gasteiger partial charge in [-0.25, -0.2) is 10.4 Å². The summed E-state index contributed by atoms with van der Waals surface area (Å²) in [4.78, 5) is 46.4. The van der Waals surface area contributed by atoms with Gasteiger partial charge in [-0.15, -0.1) is 0 Å². The van der Waals surface area contributed by atoms with Crippen LogP contribution in [-0.4, -0.2) is 36.6 Å². The lowest BCUT2D eigenvalue weighted by Crippen LogP contribution is -2.29. The molecule has 13 heteroatoms. The monoisotopic (exact) mass is 512 g/mol. The molecule has 0 radical (unpaired) electrons. The number of hydrazone groups is 1. The third-order valence-electron chi connectivity index (χ3n) is 4.87. The predicted octanol–water partition coefficient (Wildman–Crippen LogP) is 3.40. The van der Waals surface area contributed by atoms with E-state index in [1.807, 2.05) is 0 Å². The number of aromatic nitrogens is 3. The first-order valence-corrected chi connectivity index (χ1v) is 10.6. The smallest absolute Gasteiger partial charge is 0.276 e. The molecule has 0 spiro atoms. The second kappa shape index (κ2) is 9.97. The Morgan fingerprint density at radius 2 is 1.86 bits per heavy atom. The molecule has 2 aromatic carbocycles. The van der Waals surface area contributed by atoms with Gasteiger partial charge in [0.2, 0.25) is 0 Å². The molecule has 0 unspecified atom stereocenters. The van der Waals surface area contributed by atoms with Crippen LogP contribution in [0.1, 0.15) is 27.7 Å². The van der Waals surface area contributed by atoms with Gasteiger partial charge in [0, 0.05) is 30.1 Å². The van der Waals surface area contributed by atoms with E-state index in [0.29, 0.717) is 0 Å². The van der Waals surface area contributed by atoms with Gasteiger partial charge in [-0.3, -0.25) is 24.7 Å². The van der Waals surface area contributed by atoms with E-state index in [9.17, 15) is 24.8 Å². The predicted molar refractivity (Wildman–Crippen MR) is 129 cm³/mol. The fraction of sp³-hybridized carbons (Fsp3) is 0.0455. The lowest BCUT2D eigenvalue weighted by molar-refractivity contribution is -0.384. The molecule has 0 saturated heterocycles. The van der Waals surface area contributed by atoms with Crippen LogP contribution in [0.5, 0.6) is 0 Å². The van der Waals surface area contributed by atoms with Crippen LogP contribution in [-0.2, 0) is 0 Å². The number of carbonyl (C=O) groups is 1. The highest BCUT2D eigenvalue weighted by molar-refractivity contribution is 6.42. The molecule has 0 aliphatic heterocycles. The average Bonchev–Trinajstić information content (AvgIpc) is 2.85. The largest absolute Gasteiger partial charge is 0.382 e. The van der Waals surface area contributed by atoms with Crippen molar-refractivity contribution in [3.8, 4) is 0 Å². The number of hydrogen-bond acceptors (Lipinski definition) is 8. The van der Waals surface area contributed by atoms with Gasteiger partial charge in [0.05, 0.1) is 26.0 Å². The van der Waals surface area contributed by atoms with Crippen molar-refractivity contribution in [1.29, 1.82) is 0 Å². The van der Waals surface area contributed by atoms with E-state index in [1.165, 1.54) is 54.9 Å². The minimum atomic E-state index is -1.55. The normalized spacial score (nSPS) is 12.4. The molecule has 0 aliphatic rings. The minimum absolute atomic E-state index is 0.108.